The van der Waals surface area contributed by atoms with Gasteiger partial charge in [-0.25, -0.2) is 4.79 Å². The van der Waals surface area contributed by atoms with E-state index in [2.05, 4.69) is 21.3 Å². The quantitative estimate of drug-likeness (QED) is 0.639. The first-order valence-electron chi connectivity index (χ1n) is 8.27. The molecule has 136 valence electrons. The van der Waals surface area contributed by atoms with E-state index in [-0.39, 0.29) is 17.8 Å². The first-order valence-corrected chi connectivity index (χ1v) is 8.27. The third-order valence-electron chi connectivity index (χ3n) is 3.64. The molecule has 0 heterocycles. The number of hydrogen-bond acceptors (Lipinski definition) is 3. The summed E-state index contributed by atoms with van der Waals surface area (Å²) in [5, 5.41) is 10.7. The van der Waals surface area contributed by atoms with Crippen molar-refractivity contribution in [2.75, 3.05) is 18.9 Å². The van der Waals surface area contributed by atoms with Crippen molar-refractivity contribution in [3.05, 3.63) is 65.2 Å². The number of carbonyl (C=O) groups excluding carboxylic acids is 3. The molecule has 0 saturated heterocycles. The maximum absolute atomic E-state index is 12.0. The fourth-order valence-corrected chi connectivity index (χ4v) is 2.24. The Morgan fingerprint density at radius 1 is 0.808 bits per heavy atom. The molecule has 7 nitrogen and oxygen atoms in total. The third kappa shape index (κ3) is 5.34. The number of amides is 4. The van der Waals surface area contributed by atoms with Gasteiger partial charge in [0.1, 0.15) is 0 Å². The number of anilines is 1. The number of urea groups is 1. The van der Waals surface area contributed by atoms with Crippen molar-refractivity contribution >= 4 is 23.5 Å². The lowest BCUT2D eigenvalue weighted by Gasteiger charge is -2.09. The molecule has 7 heteroatoms. The Hall–Kier alpha value is -3.35. The lowest BCUT2D eigenvalue weighted by atomic mass is 10.1. The van der Waals surface area contributed by atoms with E-state index in [1.165, 1.54) is 0 Å². The van der Waals surface area contributed by atoms with Gasteiger partial charge in [0.2, 0.25) is 0 Å². The van der Waals surface area contributed by atoms with Gasteiger partial charge in [-0.2, -0.15) is 0 Å². The summed E-state index contributed by atoms with van der Waals surface area (Å²) in [7, 11) is 1.57. The Balaban J connectivity index is 1.85. The van der Waals surface area contributed by atoms with Gasteiger partial charge in [-0.3, -0.25) is 9.59 Å². The lowest BCUT2D eigenvalue weighted by molar-refractivity contribution is 0.0950. The summed E-state index contributed by atoms with van der Waals surface area (Å²) < 4.78 is 0. The van der Waals surface area contributed by atoms with Crippen LogP contribution < -0.4 is 21.3 Å². The van der Waals surface area contributed by atoms with E-state index in [1.807, 2.05) is 6.92 Å². The zero-order valence-electron chi connectivity index (χ0n) is 14.8. The van der Waals surface area contributed by atoms with Gasteiger partial charge >= 0.3 is 6.03 Å². The summed E-state index contributed by atoms with van der Waals surface area (Å²) in [6, 6.07) is 13.3. The number of hydrogen-bond donors (Lipinski definition) is 4. The zero-order valence-corrected chi connectivity index (χ0v) is 14.8. The molecule has 0 saturated carbocycles. The van der Waals surface area contributed by atoms with Crippen molar-refractivity contribution in [3.8, 4) is 0 Å². The van der Waals surface area contributed by atoms with Crippen LogP contribution in [0.1, 0.15) is 33.2 Å². The van der Waals surface area contributed by atoms with Crippen LogP contribution in [0.15, 0.2) is 48.5 Å². The molecule has 0 aliphatic heterocycles. The average Bonchev–Trinajstić information content (AvgIpc) is 2.67. The molecule has 4 N–H and O–H groups in total. The third-order valence-corrected chi connectivity index (χ3v) is 3.64. The maximum atomic E-state index is 12.0. The number of rotatable bonds is 6. The Bertz CT molecular complexity index is 770. The standard InChI is InChI=1S/C19H22N4O3/c1-3-21-18(25)15-8-10-16(11-9-15)23-19(26)22-12-13-4-6-14(7-5-13)17(24)20-2/h4-11H,3,12H2,1-2H3,(H,20,24)(H,21,25)(H2,22,23,26). The molecular weight excluding hydrogens is 332 g/mol. The van der Waals surface area contributed by atoms with E-state index in [4.69, 9.17) is 0 Å². The van der Waals surface area contributed by atoms with E-state index >= 15 is 0 Å². The molecule has 2 rings (SSSR count). The Morgan fingerprint density at radius 2 is 1.38 bits per heavy atom. The molecule has 0 unspecified atom stereocenters. The average molecular weight is 354 g/mol. The Kier molecular flexibility index (Phi) is 6.73. The molecule has 4 amide bonds. The van der Waals surface area contributed by atoms with Crippen LogP contribution in [0, 0.1) is 0 Å². The SMILES string of the molecule is CCNC(=O)c1ccc(NC(=O)NCc2ccc(C(=O)NC)cc2)cc1. The molecule has 26 heavy (non-hydrogen) atoms. The topological polar surface area (TPSA) is 99.3 Å². The van der Waals surface area contributed by atoms with Crippen molar-refractivity contribution in [2.24, 2.45) is 0 Å². The van der Waals surface area contributed by atoms with Crippen molar-refractivity contribution in [3.63, 3.8) is 0 Å². The molecule has 0 fully saturated rings. The summed E-state index contributed by atoms with van der Waals surface area (Å²) in [5.74, 6) is -0.304. The van der Waals surface area contributed by atoms with Crippen molar-refractivity contribution in [1.82, 2.24) is 16.0 Å². The molecule has 0 aliphatic carbocycles. The van der Waals surface area contributed by atoms with Crippen molar-refractivity contribution in [2.45, 2.75) is 13.5 Å². The van der Waals surface area contributed by atoms with Gasteiger partial charge in [-0.05, 0) is 48.9 Å². The molecule has 0 atom stereocenters. The molecular formula is C19H22N4O3. The molecule has 0 spiro atoms. The van der Waals surface area contributed by atoms with Gasteiger partial charge < -0.3 is 21.3 Å². The van der Waals surface area contributed by atoms with Crippen LogP contribution in [0.4, 0.5) is 10.5 Å². The molecule has 0 radical (unpaired) electrons. The second-order valence-electron chi connectivity index (χ2n) is 5.52. The highest BCUT2D eigenvalue weighted by molar-refractivity contribution is 5.95. The van der Waals surface area contributed by atoms with Crippen molar-refractivity contribution < 1.29 is 14.4 Å². The summed E-state index contributed by atoms with van der Waals surface area (Å²) in [6.45, 7) is 2.74. The van der Waals surface area contributed by atoms with Crippen molar-refractivity contribution in [1.29, 1.82) is 0 Å². The second-order valence-corrected chi connectivity index (χ2v) is 5.52. The van der Waals surface area contributed by atoms with Crippen LogP contribution in [-0.4, -0.2) is 31.4 Å². The Morgan fingerprint density at radius 3 is 1.96 bits per heavy atom. The van der Waals surface area contributed by atoms with Crippen LogP contribution in [0.3, 0.4) is 0 Å². The van der Waals surface area contributed by atoms with E-state index in [0.717, 1.165) is 5.56 Å². The van der Waals surface area contributed by atoms with E-state index in [1.54, 1.807) is 55.6 Å². The molecule has 0 aliphatic rings. The fourth-order valence-electron chi connectivity index (χ4n) is 2.24. The number of benzene rings is 2. The van der Waals surface area contributed by atoms with Crippen LogP contribution in [0.25, 0.3) is 0 Å². The monoisotopic (exact) mass is 354 g/mol. The van der Waals surface area contributed by atoms with Crippen LogP contribution >= 0.6 is 0 Å². The highest BCUT2D eigenvalue weighted by atomic mass is 16.2. The minimum Gasteiger partial charge on any atom is -0.355 e. The Labute approximate surface area is 152 Å². The first kappa shape index (κ1) is 19.0. The maximum Gasteiger partial charge on any atom is 0.319 e. The molecule has 0 bridgehead atoms. The van der Waals surface area contributed by atoms with Gasteiger partial charge in [0.25, 0.3) is 11.8 Å². The second kappa shape index (κ2) is 9.22. The van der Waals surface area contributed by atoms with Gasteiger partial charge in [0.15, 0.2) is 0 Å². The van der Waals surface area contributed by atoms with Gasteiger partial charge in [0, 0.05) is 37.0 Å². The number of nitrogens with one attached hydrogen (secondary N) is 4. The smallest absolute Gasteiger partial charge is 0.319 e. The normalized spacial score (nSPS) is 9.92. The predicted octanol–water partition coefficient (Wildman–Crippen LogP) is 2.12. The fraction of sp³-hybridized carbons (Fsp3) is 0.211. The summed E-state index contributed by atoms with van der Waals surface area (Å²) in [4.78, 5) is 35.1. The van der Waals surface area contributed by atoms with Gasteiger partial charge in [-0.1, -0.05) is 12.1 Å². The molecule has 0 aromatic heterocycles. The predicted molar refractivity (Wildman–Crippen MR) is 100 cm³/mol. The summed E-state index contributed by atoms with van der Waals surface area (Å²) >= 11 is 0. The lowest BCUT2D eigenvalue weighted by Crippen LogP contribution is -2.28. The zero-order chi connectivity index (χ0) is 18.9. The van der Waals surface area contributed by atoms with Gasteiger partial charge in [-0.15, -0.1) is 0 Å². The highest BCUT2D eigenvalue weighted by Crippen LogP contribution is 2.10. The largest absolute Gasteiger partial charge is 0.355 e. The van der Waals surface area contributed by atoms with Crippen LogP contribution in [0.2, 0.25) is 0 Å². The summed E-state index contributed by atoms with van der Waals surface area (Å²) in [5.41, 5.74) is 2.56. The molecule has 2 aromatic rings. The first-order chi connectivity index (χ1) is 12.5. The van der Waals surface area contributed by atoms with E-state index < -0.39 is 0 Å². The molecule has 2 aromatic carbocycles. The van der Waals surface area contributed by atoms with Gasteiger partial charge in [0.05, 0.1) is 0 Å². The van der Waals surface area contributed by atoms with Crippen LogP contribution in [-0.2, 0) is 6.54 Å². The minimum atomic E-state index is -0.355. The highest BCUT2D eigenvalue weighted by Gasteiger charge is 2.06. The van der Waals surface area contributed by atoms with E-state index in [0.29, 0.717) is 29.9 Å². The van der Waals surface area contributed by atoms with E-state index in [9.17, 15) is 14.4 Å². The van der Waals surface area contributed by atoms with Crippen LogP contribution in [0.5, 0.6) is 0 Å². The summed E-state index contributed by atoms with van der Waals surface area (Å²) in [6.07, 6.45) is 0. The minimum absolute atomic E-state index is 0.149. The number of carbonyl (C=O) groups is 3.